The summed E-state index contributed by atoms with van der Waals surface area (Å²) in [5, 5.41) is 7.55. The Balaban J connectivity index is 1.59. The molecule has 0 fully saturated rings. The summed E-state index contributed by atoms with van der Waals surface area (Å²) < 4.78 is 12.4. The van der Waals surface area contributed by atoms with Crippen LogP contribution in [0.3, 0.4) is 0 Å². The standard InChI is InChI=1S/C18H18N4O4/c1-18(2)17-20-12(9-15(23)22(17)7-8-25-18)16(24)19-10-13-11-5-3-4-6-14(11)26-21-13/h3-6,9H,7-8,10H2,1-2H3,(H,19,24). The molecule has 0 unspecified atom stereocenters. The van der Waals surface area contributed by atoms with E-state index in [1.807, 2.05) is 38.1 Å². The number of hydrogen-bond donors (Lipinski definition) is 1. The minimum Gasteiger partial charge on any atom is -0.366 e. The van der Waals surface area contributed by atoms with Crippen molar-refractivity contribution in [3.8, 4) is 0 Å². The molecule has 1 aliphatic rings. The van der Waals surface area contributed by atoms with Crippen molar-refractivity contribution in [2.24, 2.45) is 0 Å². The van der Waals surface area contributed by atoms with Gasteiger partial charge in [0.15, 0.2) is 5.58 Å². The van der Waals surface area contributed by atoms with Gasteiger partial charge in [-0.1, -0.05) is 17.3 Å². The van der Waals surface area contributed by atoms with Gasteiger partial charge in [0.1, 0.15) is 22.8 Å². The minimum atomic E-state index is -0.726. The maximum Gasteiger partial charge on any atom is 0.270 e. The first-order valence-corrected chi connectivity index (χ1v) is 8.33. The highest BCUT2D eigenvalue weighted by Crippen LogP contribution is 2.25. The highest BCUT2D eigenvalue weighted by atomic mass is 16.5. The lowest BCUT2D eigenvalue weighted by molar-refractivity contribution is -0.0564. The number of fused-ring (bicyclic) bond motifs is 2. The highest BCUT2D eigenvalue weighted by molar-refractivity contribution is 5.92. The van der Waals surface area contributed by atoms with Crippen molar-refractivity contribution < 1.29 is 14.1 Å². The van der Waals surface area contributed by atoms with Crippen LogP contribution in [-0.2, 0) is 23.4 Å². The predicted octanol–water partition coefficient (Wildman–Crippen LogP) is 1.58. The van der Waals surface area contributed by atoms with Gasteiger partial charge >= 0.3 is 0 Å². The van der Waals surface area contributed by atoms with Crippen LogP contribution in [0.25, 0.3) is 11.0 Å². The largest absolute Gasteiger partial charge is 0.366 e. The van der Waals surface area contributed by atoms with Gasteiger partial charge in [-0.25, -0.2) is 4.98 Å². The van der Waals surface area contributed by atoms with Crippen molar-refractivity contribution in [1.29, 1.82) is 0 Å². The van der Waals surface area contributed by atoms with Crippen molar-refractivity contribution in [3.05, 3.63) is 57.9 Å². The fourth-order valence-corrected chi connectivity index (χ4v) is 3.07. The first kappa shape index (κ1) is 16.5. The average molecular weight is 354 g/mol. The van der Waals surface area contributed by atoms with Crippen LogP contribution in [0.1, 0.15) is 35.9 Å². The number of nitrogens with one attached hydrogen (secondary N) is 1. The summed E-state index contributed by atoms with van der Waals surface area (Å²) in [7, 11) is 0. The van der Waals surface area contributed by atoms with Crippen LogP contribution in [0.2, 0.25) is 0 Å². The van der Waals surface area contributed by atoms with Gasteiger partial charge in [-0.15, -0.1) is 0 Å². The maximum atomic E-state index is 12.5. The van der Waals surface area contributed by atoms with Crippen molar-refractivity contribution >= 4 is 16.9 Å². The summed E-state index contributed by atoms with van der Waals surface area (Å²) in [6, 6.07) is 8.66. The Bertz CT molecular complexity index is 1050. The molecule has 0 radical (unpaired) electrons. The van der Waals surface area contributed by atoms with Crippen LogP contribution in [0.15, 0.2) is 39.6 Å². The van der Waals surface area contributed by atoms with Gasteiger partial charge in [-0.05, 0) is 26.0 Å². The summed E-state index contributed by atoms with van der Waals surface area (Å²) in [6.45, 7) is 4.70. The van der Waals surface area contributed by atoms with Gasteiger partial charge in [0, 0.05) is 11.5 Å². The fraction of sp³-hybridized carbons (Fsp3) is 0.333. The number of amides is 1. The fourth-order valence-electron chi connectivity index (χ4n) is 3.07. The number of para-hydroxylation sites is 1. The average Bonchev–Trinajstić information content (AvgIpc) is 3.03. The molecule has 0 aliphatic carbocycles. The molecule has 1 aliphatic heterocycles. The molecule has 1 amide bonds. The zero-order valence-corrected chi connectivity index (χ0v) is 14.5. The molecule has 8 nitrogen and oxygen atoms in total. The molecule has 0 atom stereocenters. The number of carbonyl (C=O) groups excluding carboxylic acids is 1. The van der Waals surface area contributed by atoms with Crippen LogP contribution < -0.4 is 10.9 Å². The third kappa shape index (κ3) is 2.78. The SMILES string of the molecule is CC1(C)OCCn2c1nc(C(=O)NCc1noc3ccccc13)cc2=O. The molecule has 8 heteroatoms. The minimum absolute atomic E-state index is 0.0626. The first-order chi connectivity index (χ1) is 12.5. The molecule has 0 bridgehead atoms. The number of carbonyl (C=O) groups is 1. The number of ether oxygens (including phenoxy) is 1. The van der Waals surface area contributed by atoms with E-state index >= 15 is 0 Å². The topological polar surface area (TPSA) is 99.2 Å². The lowest BCUT2D eigenvalue weighted by atomic mass is 10.1. The van der Waals surface area contributed by atoms with Gasteiger partial charge in [0.05, 0.1) is 19.7 Å². The lowest BCUT2D eigenvalue weighted by Crippen LogP contribution is -2.42. The maximum absolute atomic E-state index is 12.5. The van der Waals surface area contributed by atoms with E-state index in [9.17, 15) is 9.59 Å². The van der Waals surface area contributed by atoms with E-state index < -0.39 is 11.5 Å². The van der Waals surface area contributed by atoms with E-state index in [1.54, 1.807) is 4.57 Å². The molecule has 1 N–H and O–H groups in total. The van der Waals surface area contributed by atoms with Crippen LogP contribution in [0.4, 0.5) is 0 Å². The predicted molar refractivity (Wildman–Crippen MR) is 92.7 cm³/mol. The molecular weight excluding hydrogens is 336 g/mol. The van der Waals surface area contributed by atoms with Gasteiger partial charge < -0.3 is 14.6 Å². The normalized spacial score (nSPS) is 15.6. The van der Waals surface area contributed by atoms with Gasteiger partial charge in [-0.3, -0.25) is 14.2 Å². The van der Waals surface area contributed by atoms with E-state index in [4.69, 9.17) is 9.26 Å². The molecule has 0 saturated carbocycles. The molecule has 0 saturated heterocycles. The monoisotopic (exact) mass is 354 g/mol. The van der Waals surface area contributed by atoms with Crippen LogP contribution >= 0.6 is 0 Å². The zero-order valence-electron chi connectivity index (χ0n) is 14.5. The van der Waals surface area contributed by atoms with E-state index in [1.165, 1.54) is 6.07 Å². The summed E-state index contributed by atoms with van der Waals surface area (Å²) >= 11 is 0. The van der Waals surface area contributed by atoms with E-state index in [0.29, 0.717) is 30.3 Å². The smallest absolute Gasteiger partial charge is 0.270 e. The Morgan fingerprint density at radius 3 is 3.00 bits per heavy atom. The van der Waals surface area contributed by atoms with Gasteiger partial charge in [-0.2, -0.15) is 0 Å². The van der Waals surface area contributed by atoms with E-state index in [2.05, 4.69) is 15.5 Å². The summed E-state index contributed by atoms with van der Waals surface area (Å²) in [5.74, 6) is 0.00670. The summed E-state index contributed by atoms with van der Waals surface area (Å²) in [4.78, 5) is 29.2. The number of hydrogen-bond acceptors (Lipinski definition) is 6. The van der Waals surface area contributed by atoms with Gasteiger partial charge in [0.25, 0.3) is 11.5 Å². The van der Waals surface area contributed by atoms with Crippen molar-refractivity contribution in [1.82, 2.24) is 20.0 Å². The van der Waals surface area contributed by atoms with Crippen molar-refractivity contribution in [2.45, 2.75) is 32.5 Å². The zero-order chi connectivity index (χ0) is 18.3. The molecule has 26 heavy (non-hydrogen) atoms. The Labute approximate surface area is 148 Å². The van der Waals surface area contributed by atoms with Crippen LogP contribution in [0, 0.1) is 0 Å². The second kappa shape index (κ2) is 6.06. The lowest BCUT2D eigenvalue weighted by Gasteiger charge is -2.32. The third-order valence-corrected chi connectivity index (χ3v) is 4.43. The Kier molecular flexibility index (Phi) is 3.84. The quantitative estimate of drug-likeness (QED) is 0.767. The Morgan fingerprint density at radius 1 is 1.35 bits per heavy atom. The number of nitrogens with zero attached hydrogens (tertiary/aromatic N) is 3. The summed E-state index contributed by atoms with van der Waals surface area (Å²) in [6.07, 6.45) is 0. The molecule has 3 heterocycles. The molecule has 4 rings (SSSR count). The van der Waals surface area contributed by atoms with Gasteiger partial charge in [0.2, 0.25) is 0 Å². The molecule has 0 spiro atoms. The van der Waals surface area contributed by atoms with E-state index in [0.717, 1.165) is 5.39 Å². The second-order valence-corrected chi connectivity index (χ2v) is 6.62. The Hall–Kier alpha value is -3.00. The number of rotatable bonds is 3. The molecule has 2 aromatic heterocycles. The molecule has 1 aromatic carbocycles. The highest BCUT2D eigenvalue weighted by Gasteiger charge is 2.32. The molecular formula is C18H18N4O4. The molecule has 134 valence electrons. The van der Waals surface area contributed by atoms with Crippen LogP contribution in [0.5, 0.6) is 0 Å². The number of aromatic nitrogens is 3. The summed E-state index contributed by atoms with van der Waals surface area (Å²) in [5.41, 5.74) is 0.347. The van der Waals surface area contributed by atoms with Crippen molar-refractivity contribution in [3.63, 3.8) is 0 Å². The van der Waals surface area contributed by atoms with E-state index in [-0.39, 0.29) is 17.8 Å². The number of benzene rings is 1. The first-order valence-electron chi connectivity index (χ1n) is 8.33. The molecule has 3 aromatic rings. The second-order valence-electron chi connectivity index (χ2n) is 6.62. The van der Waals surface area contributed by atoms with Crippen molar-refractivity contribution in [2.75, 3.05) is 6.61 Å². The third-order valence-electron chi connectivity index (χ3n) is 4.43. The van der Waals surface area contributed by atoms with Crippen LogP contribution in [-0.4, -0.2) is 27.2 Å². The Morgan fingerprint density at radius 2 is 2.15 bits per heavy atom.